The zero-order valence-corrected chi connectivity index (χ0v) is 18.2. The largest absolute Gasteiger partial charge is 0.481 e. The number of fused-ring (bicyclic) bond motifs is 1. The summed E-state index contributed by atoms with van der Waals surface area (Å²) in [5.41, 5.74) is 0.680. The van der Waals surface area contributed by atoms with Crippen LogP contribution in [0.3, 0.4) is 0 Å². The van der Waals surface area contributed by atoms with E-state index in [0.717, 1.165) is 4.47 Å². The number of halogens is 1. The molecule has 0 aromatic heterocycles. The number of piperidine rings is 1. The highest BCUT2D eigenvalue weighted by Gasteiger charge is 2.30. The Morgan fingerprint density at radius 1 is 1.10 bits per heavy atom. The summed E-state index contributed by atoms with van der Waals surface area (Å²) in [6, 6.07) is 12.7. The molecule has 0 bridgehead atoms. The number of hydrogen-bond acceptors (Lipinski definition) is 5. The van der Waals surface area contributed by atoms with Gasteiger partial charge in [-0.2, -0.15) is 0 Å². The van der Waals surface area contributed by atoms with Crippen LogP contribution in [0.2, 0.25) is 0 Å². The number of amides is 2. The Morgan fingerprint density at radius 3 is 2.53 bits per heavy atom. The lowest BCUT2D eigenvalue weighted by molar-refractivity contribution is -0.140. The van der Waals surface area contributed by atoms with Crippen molar-refractivity contribution in [2.45, 2.75) is 25.9 Å². The predicted molar refractivity (Wildman–Crippen MR) is 115 cm³/mol. The van der Waals surface area contributed by atoms with Gasteiger partial charge in [-0.3, -0.25) is 9.59 Å². The van der Waals surface area contributed by atoms with E-state index in [0.29, 0.717) is 48.9 Å². The van der Waals surface area contributed by atoms with Crippen molar-refractivity contribution in [2.24, 2.45) is 5.92 Å². The zero-order valence-electron chi connectivity index (χ0n) is 16.6. The van der Waals surface area contributed by atoms with Gasteiger partial charge in [0.25, 0.3) is 5.91 Å². The van der Waals surface area contributed by atoms with Crippen LogP contribution in [0, 0.1) is 5.92 Å². The number of hydrogen-bond donors (Lipinski definition) is 1. The first-order valence-electron chi connectivity index (χ1n) is 9.91. The number of anilines is 1. The van der Waals surface area contributed by atoms with Gasteiger partial charge >= 0.3 is 0 Å². The fourth-order valence-electron chi connectivity index (χ4n) is 3.61. The second kappa shape index (κ2) is 8.95. The number of likely N-dealkylation sites (tertiary alicyclic amines) is 1. The van der Waals surface area contributed by atoms with Crippen molar-refractivity contribution in [1.29, 1.82) is 0 Å². The monoisotopic (exact) mass is 474 g/mol. The highest BCUT2D eigenvalue weighted by atomic mass is 79.9. The van der Waals surface area contributed by atoms with Crippen molar-refractivity contribution in [2.75, 3.05) is 25.2 Å². The highest BCUT2D eigenvalue weighted by molar-refractivity contribution is 9.10. The van der Waals surface area contributed by atoms with E-state index in [1.165, 1.54) is 0 Å². The van der Waals surface area contributed by atoms with Crippen molar-refractivity contribution >= 4 is 33.4 Å². The average Bonchev–Trinajstić information content (AvgIpc) is 3.23. The first kappa shape index (κ1) is 20.5. The smallest absolute Gasteiger partial charge is 0.263 e. The maximum absolute atomic E-state index is 12.7. The molecule has 2 amide bonds. The molecule has 158 valence electrons. The van der Waals surface area contributed by atoms with E-state index in [1.807, 2.05) is 24.3 Å². The summed E-state index contributed by atoms with van der Waals surface area (Å²) in [6.07, 6.45) is 0.658. The lowest BCUT2D eigenvalue weighted by atomic mass is 9.95. The zero-order chi connectivity index (χ0) is 21.1. The maximum Gasteiger partial charge on any atom is 0.263 e. The Bertz CT molecular complexity index is 926. The quantitative estimate of drug-likeness (QED) is 0.712. The molecule has 4 rings (SSSR count). The molecule has 8 heteroatoms. The standard InChI is InChI=1S/C22H23BrN2O5/c1-14(30-18-5-2-16(23)3-6-18)22(27)25-10-8-15(9-11-25)21(26)24-17-4-7-19-20(12-17)29-13-28-19/h2-7,12,14-15H,8-11,13H2,1H3,(H,24,26)/t14-/m0/s1. The van der Waals surface area contributed by atoms with Gasteiger partial charge < -0.3 is 24.4 Å². The number of carbonyl (C=O) groups is 2. The van der Waals surface area contributed by atoms with E-state index in [1.54, 1.807) is 30.0 Å². The molecular formula is C22H23BrN2O5. The van der Waals surface area contributed by atoms with Crippen LogP contribution in [0.5, 0.6) is 17.2 Å². The molecule has 30 heavy (non-hydrogen) atoms. The maximum atomic E-state index is 12.7. The number of nitrogens with zero attached hydrogens (tertiary/aromatic N) is 1. The SMILES string of the molecule is C[C@H](Oc1ccc(Br)cc1)C(=O)N1CCC(C(=O)Nc2ccc3c(c2)OCO3)CC1. The summed E-state index contributed by atoms with van der Waals surface area (Å²) in [4.78, 5) is 27.1. The summed E-state index contributed by atoms with van der Waals surface area (Å²) in [6.45, 7) is 3.02. The molecule has 1 N–H and O–H groups in total. The third-order valence-corrected chi connectivity index (χ3v) is 5.82. The molecule has 0 unspecified atom stereocenters. The van der Waals surface area contributed by atoms with E-state index in [9.17, 15) is 9.59 Å². The molecule has 0 spiro atoms. The first-order valence-corrected chi connectivity index (χ1v) is 10.7. The van der Waals surface area contributed by atoms with Gasteiger partial charge in [0.2, 0.25) is 12.7 Å². The number of carbonyl (C=O) groups excluding carboxylic acids is 2. The van der Waals surface area contributed by atoms with Gasteiger partial charge in [-0.15, -0.1) is 0 Å². The summed E-state index contributed by atoms with van der Waals surface area (Å²) < 4.78 is 17.3. The molecule has 0 radical (unpaired) electrons. The second-order valence-electron chi connectivity index (χ2n) is 7.37. The fraction of sp³-hybridized carbons (Fsp3) is 0.364. The first-order chi connectivity index (χ1) is 14.5. The molecule has 1 atom stereocenters. The van der Waals surface area contributed by atoms with Crippen molar-refractivity contribution < 1.29 is 23.8 Å². The van der Waals surface area contributed by atoms with Gasteiger partial charge in [0.05, 0.1) is 0 Å². The molecule has 2 heterocycles. The van der Waals surface area contributed by atoms with Gasteiger partial charge in [0.1, 0.15) is 5.75 Å². The third-order valence-electron chi connectivity index (χ3n) is 5.29. The van der Waals surface area contributed by atoms with Crippen molar-refractivity contribution in [3.63, 3.8) is 0 Å². The van der Waals surface area contributed by atoms with E-state index in [2.05, 4.69) is 21.2 Å². The summed E-state index contributed by atoms with van der Waals surface area (Å²) in [7, 11) is 0. The topological polar surface area (TPSA) is 77.1 Å². The molecule has 2 aliphatic heterocycles. The molecule has 7 nitrogen and oxygen atoms in total. The molecule has 0 saturated carbocycles. The minimum absolute atomic E-state index is 0.0416. The van der Waals surface area contributed by atoms with Crippen molar-refractivity contribution in [3.05, 3.63) is 46.9 Å². The van der Waals surface area contributed by atoms with Crippen LogP contribution < -0.4 is 19.5 Å². The van der Waals surface area contributed by atoms with Crippen LogP contribution in [0.15, 0.2) is 46.9 Å². The Kier molecular flexibility index (Phi) is 6.13. The highest BCUT2D eigenvalue weighted by Crippen LogP contribution is 2.34. The molecule has 0 aliphatic carbocycles. The summed E-state index contributed by atoms with van der Waals surface area (Å²) >= 11 is 3.38. The molecule has 2 aromatic carbocycles. The Morgan fingerprint density at radius 2 is 1.80 bits per heavy atom. The van der Waals surface area contributed by atoms with E-state index >= 15 is 0 Å². The van der Waals surface area contributed by atoms with Gasteiger partial charge in [-0.1, -0.05) is 15.9 Å². The van der Waals surface area contributed by atoms with Crippen LogP contribution in [0.25, 0.3) is 0 Å². The average molecular weight is 475 g/mol. The van der Waals surface area contributed by atoms with E-state index in [4.69, 9.17) is 14.2 Å². The molecular weight excluding hydrogens is 452 g/mol. The lowest BCUT2D eigenvalue weighted by Gasteiger charge is -2.33. The number of nitrogens with one attached hydrogen (secondary N) is 1. The Balaban J connectivity index is 1.27. The minimum Gasteiger partial charge on any atom is -0.481 e. The normalized spacial score (nSPS) is 16.8. The van der Waals surface area contributed by atoms with E-state index in [-0.39, 0.29) is 24.5 Å². The molecule has 2 aromatic rings. The molecule has 1 saturated heterocycles. The van der Waals surface area contributed by atoms with Gasteiger partial charge in [-0.05, 0) is 56.2 Å². The molecule has 1 fully saturated rings. The van der Waals surface area contributed by atoms with Crippen LogP contribution in [-0.2, 0) is 9.59 Å². The molecule has 2 aliphatic rings. The van der Waals surface area contributed by atoms with Crippen LogP contribution in [-0.4, -0.2) is 42.7 Å². The van der Waals surface area contributed by atoms with Crippen molar-refractivity contribution in [1.82, 2.24) is 4.90 Å². The Labute approximate surface area is 183 Å². The number of ether oxygens (including phenoxy) is 3. The van der Waals surface area contributed by atoms with Gasteiger partial charge in [-0.25, -0.2) is 0 Å². The number of benzene rings is 2. The van der Waals surface area contributed by atoms with Gasteiger partial charge in [0.15, 0.2) is 17.6 Å². The van der Waals surface area contributed by atoms with Crippen LogP contribution >= 0.6 is 15.9 Å². The van der Waals surface area contributed by atoms with Gasteiger partial charge in [0, 0.05) is 35.2 Å². The van der Waals surface area contributed by atoms with Crippen LogP contribution in [0.4, 0.5) is 5.69 Å². The Hall–Kier alpha value is -2.74. The predicted octanol–water partition coefficient (Wildman–Crippen LogP) is 3.82. The third kappa shape index (κ3) is 4.70. The lowest BCUT2D eigenvalue weighted by Crippen LogP contribution is -2.46. The summed E-state index contributed by atoms with van der Waals surface area (Å²) in [5.74, 6) is 1.72. The fourth-order valence-corrected chi connectivity index (χ4v) is 3.87. The summed E-state index contributed by atoms with van der Waals surface area (Å²) in [5, 5.41) is 2.94. The number of rotatable bonds is 5. The minimum atomic E-state index is -0.579. The van der Waals surface area contributed by atoms with Crippen molar-refractivity contribution in [3.8, 4) is 17.2 Å². The van der Waals surface area contributed by atoms with E-state index < -0.39 is 6.10 Å². The van der Waals surface area contributed by atoms with Crippen LogP contribution in [0.1, 0.15) is 19.8 Å². The second-order valence-corrected chi connectivity index (χ2v) is 8.29.